The number of aryl methyl sites for hydroxylation is 1. The number of hydrogen-bond donors (Lipinski definition) is 0. The van der Waals surface area contributed by atoms with Gasteiger partial charge in [-0.3, -0.25) is 9.36 Å². The molecule has 4 aromatic rings. The molecule has 178 valence electrons. The smallest absolute Gasteiger partial charge is 0.265 e. The largest absolute Gasteiger partial charge is 0.384 e. The maximum absolute atomic E-state index is 13.6. The predicted molar refractivity (Wildman–Crippen MR) is 137 cm³/mol. The Morgan fingerprint density at radius 1 is 1.03 bits per heavy atom. The van der Waals surface area contributed by atoms with E-state index in [1.165, 1.54) is 12.1 Å². The molecule has 0 amide bonds. The molecule has 1 aliphatic rings. The number of hydrogen-bond acceptors (Lipinski definition) is 4. The SMILES string of the molecule is CCCCCc1nc2cc(C3=NOC(C)(c4ccccc4)C3)ccc2c(=O)n1-c1ccc(F)cc1. The van der Waals surface area contributed by atoms with Crippen LogP contribution in [-0.2, 0) is 16.9 Å². The van der Waals surface area contributed by atoms with Crippen LogP contribution in [0, 0.1) is 5.82 Å². The van der Waals surface area contributed by atoms with Crippen LogP contribution in [0.4, 0.5) is 4.39 Å². The number of nitrogens with zero attached hydrogens (tertiary/aromatic N) is 3. The fourth-order valence-corrected chi connectivity index (χ4v) is 4.61. The Morgan fingerprint density at radius 2 is 1.80 bits per heavy atom. The Kier molecular flexibility index (Phi) is 6.20. The molecule has 0 saturated carbocycles. The molecule has 2 heterocycles. The average Bonchev–Trinajstić information content (AvgIpc) is 3.29. The van der Waals surface area contributed by atoms with Gasteiger partial charge in [-0.2, -0.15) is 0 Å². The zero-order valence-corrected chi connectivity index (χ0v) is 20.0. The molecule has 6 heteroatoms. The topological polar surface area (TPSA) is 56.5 Å². The van der Waals surface area contributed by atoms with E-state index in [9.17, 15) is 9.18 Å². The first-order valence-electron chi connectivity index (χ1n) is 12.1. The highest BCUT2D eigenvalue weighted by Crippen LogP contribution is 2.36. The summed E-state index contributed by atoms with van der Waals surface area (Å²) in [6, 6.07) is 21.7. The Morgan fingerprint density at radius 3 is 2.54 bits per heavy atom. The van der Waals surface area contributed by atoms with Crippen LogP contribution in [0.3, 0.4) is 0 Å². The van der Waals surface area contributed by atoms with Gasteiger partial charge in [-0.25, -0.2) is 9.37 Å². The Hall–Kier alpha value is -3.80. The molecule has 0 fully saturated rings. The molecular weight excluding hydrogens is 441 g/mol. The highest BCUT2D eigenvalue weighted by atomic mass is 19.1. The minimum atomic E-state index is -0.531. The van der Waals surface area contributed by atoms with Crippen LogP contribution in [0.2, 0.25) is 0 Å². The lowest BCUT2D eigenvalue weighted by atomic mass is 9.89. The maximum Gasteiger partial charge on any atom is 0.265 e. The third-order valence-electron chi connectivity index (χ3n) is 6.61. The van der Waals surface area contributed by atoms with Crippen molar-refractivity contribution in [2.45, 2.75) is 51.6 Å². The van der Waals surface area contributed by atoms with Crippen molar-refractivity contribution in [2.75, 3.05) is 0 Å². The third-order valence-corrected chi connectivity index (χ3v) is 6.61. The van der Waals surface area contributed by atoms with Crippen LogP contribution in [0.25, 0.3) is 16.6 Å². The van der Waals surface area contributed by atoms with E-state index in [4.69, 9.17) is 9.82 Å². The molecule has 35 heavy (non-hydrogen) atoms. The van der Waals surface area contributed by atoms with Gasteiger partial charge < -0.3 is 4.84 Å². The molecule has 0 N–H and O–H groups in total. The van der Waals surface area contributed by atoms with Crippen molar-refractivity contribution < 1.29 is 9.23 Å². The van der Waals surface area contributed by atoms with Crippen LogP contribution in [0.5, 0.6) is 0 Å². The van der Waals surface area contributed by atoms with Gasteiger partial charge in [0.15, 0.2) is 5.60 Å². The van der Waals surface area contributed by atoms with Gasteiger partial charge in [0.25, 0.3) is 5.56 Å². The number of oxime groups is 1. The summed E-state index contributed by atoms with van der Waals surface area (Å²) >= 11 is 0. The Bertz CT molecular complexity index is 1450. The molecule has 0 bridgehead atoms. The quantitative estimate of drug-likeness (QED) is 0.299. The molecule has 1 aliphatic heterocycles. The standard InChI is InChI=1S/C29H28FN3O2/c1-3-4-6-11-27-31-25-18-20(26-19-29(2,35-32-26)21-9-7-5-8-10-21)12-17-24(25)28(34)33(27)23-15-13-22(30)14-16-23/h5,7-10,12-18H,3-4,6,11,19H2,1-2H3. The molecule has 3 aromatic carbocycles. The first kappa shape index (κ1) is 23.0. The van der Waals surface area contributed by atoms with E-state index in [1.54, 1.807) is 22.8 Å². The number of aromatic nitrogens is 2. The molecule has 0 aliphatic carbocycles. The van der Waals surface area contributed by atoms with Gasteiger partial charge in [-0.05, 0) is 55.3 Å². The van der Waals surface area contributed by atoms with Crippen LogP contribution < -0.4 is 5.56 Å². The number of unbranched alkanes of at least 4 members (excludes halogenated alkanes) is 2. The highest BCUT2D eigenvalue weighted by molar-refractivity contribution is 6.04. The van der Waals surface area contributed by atoms with Crippen molar-refractivity contribution >= 4 is 16.6 Å². The maximum atomic E-state index is 13.6. The monoisotopic (exact) mass is 469 g/mol. The lowest BCUT2D eigenvalue weighted by Crippen LogP contribution is -2.24. The number of fused-ring (bicyclic) bond motifs is 1. The van der Waals surface area contributed by atoms with E-state index in [2.05, 4.69) is 12.1 Å². The second-order valence-corrected chi connectivity index (χ2v) is 9.24. The molecule has 0 spiro atoms. The van der Waals surface area contributed by atoms with E-state index < -0.39 is 5.60 Å². The summed E-state index contributed by atoms with van der Waals surface area (Å²) in [6.07, 6.45) is 4.32. The average molecular weight is 470 g/mol. The fourth-order valence-electron chi connectivity index (χ4n) is 4.61. The molecule has 1 unspecified atom stereocenters. The van der Waals surface area contributed by atoms with Gasteiger partial charge in [-0.15, -0.1) is 0 Å². The van der Waals surface area contributed by atoms with Gasteiger partial charge in [0.2, 0.25) is 0 Å². The Balaban J connectivity index is 1.54. The van der Waals surface area contributed by atoms with Gasteiger partial charge in [0.05, 0.1) is 22.3 Å². The molecular formula is C29H28FN3O2. The highest BCUT2D eigenvalue weighted by Gasteiger charge is 2.36. The first-order valence-corrected chi connectivity index (χ1v) is 12.1. The summed E-state index contributed by atoms with van der Waals surface area (Å²) in [5.74, 6) is 0.341. The van der Waals surface area contributed by atoms with Gasteiger partial charge in [0.1, 0.15) is 11.6 Å². The molecule has 0 radical (unpaired) electrons. The van der Waals surface area contributed by atoms with Gasteiger partial charge in [-0.1, -0.05) is 61.3 Å². The molecule has 1 aromatic heterocycles. The second-order valence-electron chi connectivity index (χ2n) is 9.24. The lowest BCUT2D eigenvalue weighted by molar-refractivity contribution is -0.00738. The van der Waals surface area contributed by atoms with E-state index in [0.717, 1.165) is 36.1 Å². The predicted octanol–water partition coefficient (Wildman–Crippen LogP) is 6.30. The van der Waals surface area contributed by atoms with Crippen LogP contribution >= 0.6 is 0 Å². The van der Waals surface area contributed by atoms with E-state index in [-0.39, 0.29) is 11.4 Å². The van der Waals surface area contributed by atoms with Crippen molar-refractivity contribution in [3.63, 3.8) is 0 Å². The summed E-state index contributed by atoms with van der Waals surface area (Å²) in [4.78, 5) is 24.3. The summed E-state index contributed by atoms with van der Waals surface area (Å²) in [5, 5.41) is 4.91. The molecule has 1 atom stereocenters. The van der Waals surface area contributed by atoms with E-state index in [1.807, 2.05) is 49.4 Å². The zero-order chi connectivity index (χ0) is 24.4. The van der Waals surface area contributed by atoms with E-state index >= 15 is 0 Å². The zero-order valence-electron chi connectivity index (χ0n) is 20.0. The van der Waals surface area contributed by atoms with Gasteiger partial charge in [0, 0.05) is 18.4 Å². The van der Waals surface area contributed by atoms with Crippen molar-refractivity contribution in [3.8, 4) is 5.69 Å². The molecule has 5 nitrogen and oxygen atoms in total. The Labute approximate surface area is 203 Å². The summed E-state index contributed by atoms with van der Waals surface area (Å²) in [6.45, 7) is 4.17. The third kappa shape index (κ3) is 4.48. The molecule has 0 saturated heterocycles. The normalized spacial score (nSPS) is 17.4. The van der Waals surface area contributed by atoms with Crippen molar-refractivity contribution in [3.05, 3.63) is 106 Å². The van der Waals surface area contributed by atoms with Gasteiger partial charge >= 0.3 is 0 Å². The summed E-state index contributed by atoms with van der Waals surface area (Å²) in [5.41, 5.74) is 3.35. The fraction of sp³-hybridized carbons (Fsp3) is 0.276. The van der Waals surface area contributed by atoms with Crippen molar-refractivity contribution in [2.24, 2.45) is 5.16 Å². The van der Waals surface area contributed by atoms with Crippen LogP contribution in [-0.4, -0.2) is 15.3 Å². The summed E-state index contributed by atoms with van der Waals surface area (Å²) < 4.78 is 15.1. The van der Waals surface area contributed by atoms with Crippen molar-refractivity contribution in [1.82, 2.24) is 9.55 Å². The minimum Gasteiger partial charge on any atom is -0.384 e. The first-order chi connectivity index (χ1) is 17.0. The number of benzene rings is 3. The number of halogens is 1. The lowest BCUT2D eigenvalue weighted by Gasteiger charge is -2.21. The van der Waals surface area contributed by atoms with Crippen LogP contribution in [0.15, 0.2) is 82.7 Å². The van der Waals surface area contributed by atoms with Crippen LogP contribution in [0.1, 0.15) is 56.5 Å². The summed E-state index contributed by atoms with van der Waals surface area (Å²) in [7, 11) is 0. The van der Waals surface area contributed by atoms with E-state index in [0.29, 0.717) is 35.3 Å². The minimum absolute atomic E-state index is 0.154. The second kappa shape index (κ2) is 9.45. The molecule has 5 rings (SSSR count). The number of rotatable bonds is 7. The van der Waals surface area contributed by atoms with Crippen molar-refractivity contribution in [1.29, 1.82) is 0 Å².